The number of ether oxygens (including phenoxy) is 2. The van der Waals surface area contributed by atoms with Crippen molar-refractivity contribution in [2.75, 3.05) is 19.5 Å². The predicted octanol–water partition coefficient (Wildman–Crippen LogP) is 3.93. The van der Waals surface area contributed by atoms with Crippen molar-refractivity contribution in [1.29, 1.82) is 5.26 Å². The molecule has 0 heterocycles. The summed E-state index contributed by atoms with van der Waals surface area (Å²) in [6.07, 6.45) is 1.21. The second kappa shape index (κ2) is 11.0. The Kier molecular flexibility index (Phi) is 7.88. The van der Waals surface area contributed by atoms with Gasteiger partial charge in [0.25, 0.3) is 11.6 Å². The zero-order valence-corrected chi connectivity index (χ0v) is 19.8. The van der Waals surface area contributed by atoms with Gasteiger partial charge in [-0.2, -0.15) is 13.7 Å². The maximum Gasteiger partial charge on any atom is 0.339 e. The van der Waals surface area contributed by atoms with Crippen LogP contribution < -0.4 is 19.0 Å². The largest absolute Gasteiger partial charge is 0.496 e. The molecule has 3 rings (SSSR count). The van der Waals surface area contributed by atoms with E-state index in [-0.39, 0.29) is 33.4 Å². The molecule has 12 heteroatoms. The summed E-state index contributed by atoms with van der Waals surface area (Å²) in [5.41, 5.74) is -0.595. The standard InChI is InChI=1S/C24H19N3O8S/c1-33-18-9-10-20(21(14-18)27(29)30)26-24(28)17(15-25)12-16-8-11-22(23(13-16)34-2)35-36(31,32)19-6-4-3-5-7-19/h3-14H,1-2H3,(H,26,28)/b17-12+. The van der Waals surface area contributed by atoms with Crippen molar-refractivity contribution in [1.82, 2.24) is 0 Å². The number of nitrogens with zero attached hydrogens (tertiary/aromatic N) is 2. The monoisotopic (exact) mass is 509 g/mol. The summed E-state index contributed by atoms with van der Waals surface area (Å²) in [7, 11) is -1.49. The number of hydrogen-bond acceptors (Lipinski definition) is 9. The molecule has 0 bridgehead atoms. The number of anilines is 1. The highest BCUT2D eigenvalue weighted by Gasteiger charge is 2.21. The minimum atomic E-state index is -4.13. The maximum absolute atomic E-state index is 12.7. The molecule has 1 N–H and O–H groups in total. The lowest BCUT2D eigenvalue weighted by atomic mass is 10.1. The number of rotatable bonds is 9. The number of nitrogens with one attached hydrogen (secondary N) is 1. The van der Waals surface area contributed by atoms with Gasteiger partial charge in [0.05, 0.1) is 25.2 Å². The number of benzene rings is 3. The summed E-state index contributed by atoms with van der Waals surface area (Å²) >= 11 is 0. The van der Waals surface area contributed by atoms with E-state index in [1.165, 1.54) is 62.8 Å². The van der Waals surface area contributed by atoms with Gasteiger partial charge in [-0.3, -0.25) is 14.9 Å². The lowest BCUT2D eigenvalue weighted by molar-refractivity contribution is -0.384. The summed E-state index contributed by atoms with van der Waals surface area (Å²) in [6, 6.07) is 17.2. The van der Waals surface area contributed by atoms with E-state index in [0.29, 0.717) is 5.56 Å². The summed E-state index contributed by atoms with van der Waals surface area (Å²) in [4.78, 5) is 23.3. The second-order valence-corrected chi connectivity index (χ2v) is 8.57. The molecule has 0 aromatic heterocycles. The number of hydrogen-bond donors (Lipinski definition) is 1. The predicted molar refractivity (Wildman–Crippen MR) is 129 cm³/mol. The number of nitro benzene ring substituents is 1. The van der Waals surface area contributed by atoms with Crippen LogP contribution in [0.5, 0.6) is 17.2 Å². The van der Waals surface area contributed by atoms with Gasteiger partial charge >= 0.3 is 10.1 Å². The highest BCUT2D eigenvalue weighted by Crippen LogP contribution is 2.32. The number of nitro groups is 1. The van der Waals surface area contributed by atoms with E-state index in [9.17, 15) is 28.6 Å². The van der Waals surface area contributed by atoms with Crippen LogP contribution in [0.3, 0.4) is 0 Å². The van der Waals surface area contributed by atoms with Gasteiger partial charge in [-0.05, 0) is 48.0 Å². The lowest BCUT2D eigenvalue weighted by Gasteiger charge is -2.11. The van der Waals surface area contributed by atoms with Gasteiger partial charge in [-0.1, -0.05) is 24.3 Å². The third kappa shape index (κ3) is 5.96. The highest BCUT2D eigenvalue weighted by molar-refractivity contribution is 7.87. The van der Waals surface area contributed by atoms with Crippen LogP contribution in [0, 0.1) is 21.4 Å². The van der Waals surface area contributed by atoms with Gasteiger partial charge < -0.3 is 19.0 Å². The normalized spacial score (nSPS) is 11.2. The van der Waals surface area contributed by atoms with Crippen molar-refractivity contribution in [3.05, 3.63) is 88.0 Å². The first-order chi connectivity index (χ1) is 17.2. The van der Waals surface area contributed by atoms with Gasteiger partial charge in [-0.25, -0.2) is 0 Å². The first-order valence-corrected chi connectivity index (χ1v) is 11.5. The quantitative estimate of drug-likeness (QED) is 0.148. The molecule has 11 nitrogen and oxygen atoms in total. The molecule has 184 valence electrons. The molecule has 3 aromatic rings. The third-order valence-electron chi connectivity index (χ3n) is 4.74. The number of carbonyl (C=O) groups excluding carboxylic acids is 1. The van der Waals surface area contributed by atoms with Crippen molar-refractivity contribution in [2.24, 2.45) is 0 Å². The van der Waals surface area contributed by atoms with Crippen LogP contribution in [0.1, 0.15) is 5.56 Å². The van der Waals surface area contributed by atoms with E-state index in [1.54, 1.807) is 24.3 Å². The molecule has 0 aliphatic rings. The van der Waals surface area contributed by atoms with Crippen LogP contribution in [-0.2, 0) is 14.9 Å². The molecular formula is C24H19N3O8S. The van der Waals surface area contributed by atoms with Crippen molar-refractivity contribution >= 4 is 33.5 Å². The Hall–Kier alpha value is -4.89. The van der Waals surface area contributed by atoms with Crippen LogP contribution in [-0.4, -0.2) is 33.5 Å². The summed E-state index contributed by atoms with van der Waals surface area (Å²) in [5.74, 6) is -0.738. The number of nitriles is 1. The molecule has 1 amide bonds. The molecule has 0 aliphatic carbocycles. The summed E-state index contributed by atoms with van der Waals surface area (Å²) in [6.45, 7) is 0. The number of carbonyl (C=O) groups is 1. The first-order valence-electron chi connectivity index (χ1n) is 10.1. The molecule has 36 heavy (non-hydrogen) atoms. The van der Waals surface area contributed by atoms with Gasteiger partial charge in [0.2, 0.25) is 0 Å². The maximum atomic E-state index is 12.7. The Balaban J connectivity index is 1.87. The Bertz CT molecular complexity index is 1480. The Morgan fingerprint density at radius 2 is 1.75 bits per heavy atom. The Morgan fingerprint density at radius 1 is 1.03 bits per heavy atom. The number of methoxy groups -OCH3 is 2. The summed E-state index contributed by atoms with van der Waals surface area (Å²) in [5, 5.41) is 23.2. The Morgan fingerprint density at radius 3 is 2.36 bits per heavy atom. The van der Waals surface area contributed by atoms with Crippen molar-refractivity contribution in [3.8, 4) is 23.3 Å². The van der Waals surface area contributed by atoms with Crippen molar-refractivity contribution in [3.63, 3.8) is 0 Å². The fraction of sp³-hybridized carbons (Fsp3) is 0.0833. The lowest BCUT2D eigenvalue weighted by Crippen LogP contribution is -2.14. The van der Waals surface area contributed by atoms with E-state index in [4.69, 9.17) is 13.7 Å². The smallest absolute Gasteiger partial charge is 0.339 e. The zero-order chi connectivity index (χ0) is 26.3. The molecule has 0 fully saturated rings. The van der Waals surface area contributed by atoms with Crippen LogP contribution in [0.4, 0.5) is 11.4 Å². The topological polar surface area (TPSA) is 158 Å². The molecule has 0 unspecified atom stereocenters. The molecule has 0 spiro atoms. The minimum Gasteiger partial charge on any atom is -0.496 e. The fourth-order valence-electron chi connectivity index (χ4n) is 3.00. The van der Waals surface area contributed by atoms with E-state index in [1.807, 2.05) is 0 Å². The van der Waals surface area contributed by atoms with E-state index in [2.05, 4.69) is 5.32 Å². The molecule has 0 atom stereocenters. The molecule has 0 aliphatic heterocycles. The minimum absolute atomic E-state index is 0.0340. The molecule has 0 saturated heterocycles. The van der Waals surface area contributed by atoms with E-state index < -0.39 is 26.6 Å². The van der Waals surface area contributed by atoms with Crippen LogP contribution in [0.25, 0.3) is 6.08 Å². The molecular weight excluding hydrogens is 490 g/mol. The highest BCUT2D eigenvalue weighted by atomic mass is 32.2. The van der Waals surface area contributed by atoms with Gasteiger partial charge in [0, 0.05) is 0 Å². The SMILES string of the molecule is COc1ccc(NC(=O)/C(C#N)=C/c2ccc(OS(=O)(=O)c3ccccc3)c(OC)c2)c([N+](=O)[O-])c1. The fourth-order valence-corrected chi connectivity index (χ4v) is 3.96. The molecule has 0 radical (unpaired) electrons. The van der Waals surface area contributed by atoms with Gasteiger partial charge in [-0.15, -0.1) is 0 Å². The van der Waals surface area contributed by atoms with E-state index >= 15 is 0 Å². The third-order valence-corrected chi connectivity index (χ3v) is 5.99. The number of amides is 1. The second-order valence-electron chi connectivity index (χ2n) is 7.02. The average Bonchev–Trinajstić information content (AvgIpc) is 2.88. The molecule has 0 saturated carbocycles. The van der Waals surface area contributed by atoms with Crippen LogP contribution in [0.15, 0.2) is 77.2 Å². The summed E-state index contributed by atoms with van der Waals surface area (Å²) < 4.78 is 40.4. The first kappa shape index (κ1) is 25.7. The zero-order valence-electron chi connectivity index (χ0n) is 19.0. The van der Waals surface area contributed by atoms with Gasteiger partial charge in [0.15, 0.2) is 11.5 Å². The molecule has 3 aromatic carbocycles. The van der Waals surface area contributed by atoms with Gasteiger partial charge in [0.1, 0.15) is 28.0 Å². The van der Waals surface area contributed by atoms with Crippen molar-refractivity contribution < 1.29 is 31.8 Å². The average molecular weight is 509 g/mol. The van der Waals surface area contributed by atoms with Crippen molar-refractivity contribution in [2.45, 2.75) is 4.90 Å². The van der Waals surface area contributed by atoms with E-state index in [0.717, 1.165) is 6.07 Å². The van der Waals surface area contributed by atoms with Crippen LogP contribution in [0.2, 0.25) is 0 Å². The Labute approximate surface area is 206 Å². The van der Waals surface area contributed by atoms with Crippen LogP contribution >= 0.6 is 0 Å².